The summed E-state index contributed by atoms with van der Waals surface area (Å²) in [5.74, 6) is 1.05. The van der Waals surface area contributed by atoms with E-state index in [9.17, 15) is 0 Å². The summed E-state index contributed by atoms with van der Waals surface area (Å²) < 4.78 is 2.23. The predicted octanol–water partition coefficient (Wildman–Crippen LogP) is 5.70. The number of aliphatic imine (C=N–C) groups is 2. The highest BCUT2D eigenvalue weighted by Crippen LogP contribution is 2.34. The van der Waals surface area contributed by atoms with Crippen molar-refractivity contribution in [2.45, 2.75) is 87.0 Å². The van der Waals surface area contributed by atoms with Crippen molar-refractivity contribution >= 4 is 35.7 Å². The number of fused-ring (bicyclic) bond motifs is 6. The summed E-state index contributed by atoms with van der Waals surface area (Å²) in [5.41, 5.74) is 14.8. The van der Waals surface area contributed by atoms with Crippen molar-refractivity contribution in [1.82, 2.24) is 9.55 Å². The third-order valence-corrected chi connectivity index (χ3v) is 8.49. The molecule has 38 heavy (non-hydrogen) atoms. The normalized spacial score (nSPS) is 16.8. The molecule has 5 nitrogen and oxygen atoms in total. The lowest BCUT2D eigenvalue weighted by Crippen LogP contribution is -2.16. The first kappa shape index (κ1) is 26.1. The van der Waals surface area contributed by atoms with E-state index in [1.807, 2.05) is 0 Å². The Morgan fingerprint density at radius 1 is 0.658 bits per heavy atom. The molecule has 0 atom stereocenters. The van der Waals surface area contributed by atoms with Gasteiger partial charge in [-0.15, -0.1) is 0 Å². The van der Waals surface area contributed by atoms with Crippen LogP contribution in [0.25, 0.3) is 24.3 Å². The highest BCUT2D eigenvalue weighted by Gasteiger charge is 2.26. The molecule has 5 heteroatoms. The number of hydrogen-bond acceptors (Lipinski definition) is 2. The predicted molar refractivity (Wildman–Crippen MR) is 160 cm³/mol. The molecule has 5 rings (SSSR count). The van der Waals surface area contributed by atoms with Crippen LogP contribution in [0.4, 0.5) is 0 Å². The monoisotopic (exact) mass is 508 g/mol. The fourth-order valence-corrected chi connectivity index (χ4v) is 6.37. The van der Waals surface area contributed by atoms with Gasteiger partial charge in [0.05, 0.1) is 35.9 Å². The average Bonchev–Trinajstić information content (AvgIpc) is 3.61. The van der Waals surface area contributed by atoms with E-state index in [1.54, 1.807) is 0 Å². The first-order valence-corrected chi connectivity index (χ1v) is 14.5. The number of H-pyrrole nitrogens is 2. The lowest BCUT2D eigenvalue weighted by molar-refractivity contribution is -0.383. The van der Waals surface area contributed by atoms with Crippen LogP contribution in [-0.2, 0) is 19.9 Å². The van der Waals surface area contributed by atoms with Gasteiger partial charge in [0, 0.05) is 23.7 Å². The van der Waals surface area contributed by atoms with E-state index in [0.29, 0.717) is 0 Å². The largest absolute Gasteiger partial charge is 0.355 e. The van der Waals surface area contributed by atoms with Crippen LogP contribution in [-0.4, -0.2) is 21.0 Å². The van der Waals surface area contributed by atoms with Crippen LogP contribution in [0, 0.1) is 6.92 Å². The highest BCUT2D eigenvalue weighted by atomic mass is 15.1. The standard InChI is InChI=1S/C33H41N5/c1-9-20-21(10-2)28-16-29-22(11-3)23(12-4)30(35-29)17-31-24(13-5)25(14-6)32(36-31)18-33-37-26(15-27(20)34-28)19(7)38(33)8/h15-18,35H,9-14H2,1-8H3/p+1. The minimum Gasteiger partial charge on any atom is -0.355 e. The van der Waals surface area contributed by atoms with Crippen molar-refractivity contribution in [1.29, 1.82) is 0 Å². The third kappa shape index (κ3) is 4.13. The molecule has 0 saturated carbocycles. The molecule has 0 radical (unpaired) electrons. The van der Waals surface area contributed by atoms with Gasteiger partial charge >= 0.3 is 0 Å². The van der Waals surface area contributed by atoms with Gasteiger partial charge in [-0.2, -0.15) is 0 Å². The molecule has 0 saturated heterocycles. The molecule has 0 unspecified atom stereocenters. The minimum absolute atomic E-state index is 0.961. The van der Waals surface area contributed by atoms with Gasteiger partial charge in [-0.25, -0.2) is 19.5 Å². The van der Waals surface area contributed by atoms with Crippen molar-refractivity contribution in [3.05, 3.63) is 72.7 Å². The zero-order valence-electron chi connectivity index (χ0n) is 24.4. The van der Waals surface area contributed by atoms with Crippen LogP contribution in [0.2, 0.25) is 0 Å². The van der Waals surface area contributed by atoms with Crippen LogP contribution >= 0.6 is 0 Å². The number of aromatic amines is 2. The molecule has 3 aliphatic heterocycles. The molecule has 8 bridgehead atoms. The summed E-state index contributed by atoms with van der Waals surface area (Å²) in [6.07, 6.45) is 14.9. The van der Waals surface area contributed by atoms with Gasteiger partial charge in [-0.1, -0.05) is 41.5 Å². The Kier molecular flexibility index (Phi) is 7.13. The number of nitrogens with zero attached hydrogens (tertiary/aromatic N) is 3. The average molecular weight is 509 g/mol. The number of aromatic nitrogens is 3. The van der Waals surface area contributed by atoms with Gasteiger partial charge in [0.2, 0.25) is 0 Å². The zero-order chi connectivity index (χ0) is 27.1. The molecule has 2 aromatic heterocycles. The Morgan fingerprint density at radius 2 is 1.13 bits per heavy atom. The van der Waals surface area contributed by atoms with Gasteiger partial charge in [0.1, 0.15) is 5.69 Å². The van der Waals surface area contributed by atoms with Crippen molar-refractivity contribution in [3.63, 3.8) is 0 Å². The van der Waals surface area contributed by atoms with E-state index in [4.69, 9.17) is 9.98 Å². The minimum atomic E-state index is 0.961. The number of allylic oxidation sites excluding steroid dienone is 4. The first-order valence-electron chi connectivity index (χ1n) is 14.5. The van der Waals surface area contributed by atoms with E-state index in [2.05, 4.69) is 94.4 Å². The summed E-state index contributed by atoms with van der Waals surface area (Å²) >= 11 is 0. The highest BCUT2D eigenvalue weighted by molar-refractivity contribution is 6.24. The van der Waals surface area contributed by atoms with E-state index in [0.717, 1.165) is 72.9 Å². The van der Waals surface area contributed by atoms with Crippen molar-refractivity contribution in [2.75, 3.05) is 0 Å². The first-order chi connectivity index (χ1) is 18.4. The van der Waals surface area contributed by atoms with Crippen LogP contribution in [0.15, 0.2) is 43.7 Å². The van der Waals surface area contributed by atoms with Crippen molar-refractivity contribution in [3.8, 4) is 0 Å². The Bertz CT molecular complexity index is 1510. The second-order valence-corrected chi connectivity index (χ2v) is 10.4. The Morgan fingerprint density at radius 3 is 1.58 bits per heavy atom. The molecule has 2 aromatic rings. The maximum atomic E-state index is 5.22. The Labute approximate surface area is 226 Å². The SMILES string of the molecule is CCC1=C(CC)C2=NC1=Cc1[nH+]c(n(C)c1C)C=C1N=C(C=c3[nH]c(c(CC)c3CC)=C2)C(CC)=C1CC. The van der Waals surface area contributed by atoms with Gasteiger partial charge in [-0.05, 0) is 84.1 Å². The van der Waals surface area contributed by atoms with E-state index in [-0.39, 0.29) is 0 Å². The maximum absolute atomic E-state index is 5.22. The van der Waals surface area contributed by atoms with E-state index in [1.165, 1.54) is 49.8 Å². The molecule has 0 spiro atoms. The molecule has 0 aromatic carbocycles. The molecule has 5 heterocycles. The maximum Gasteiger partial charge on any atom is 0.281 e. The van der Waals surface area contributed by atoms with Crippen LogP contribution in [0.3, 0.4) is 0 Å². The fourth-order valence-electron chi connectivity index (χ4n) is 6.37. The summed E-state index contributed by atoms with van der Waals surface area (Å²) in [7, 11) is 2.13. The van der Waals surface area contributed by atoms with E-state index >= 15 is 0 Å². The molecular weight excluding hydrogens is 466 g/mol. The lowest BCUT2D eigenvalue weighted by atomic mass is 9.98. The molecule has 0 amide bonds. The van der Waals surface area contributed by atoms with Gasteiger partial charge in [0.15, 0.2) is 5.69 Å². The molecule has 2 N–H and O–H groups in total. The van der Waals surface area contributed by atoms with E-state index < -0.39 is 0 Å². The molecular formula is C33H42N5+. The Hall–Kier alpha value is -3.47. The molecule has 3 aliphatic rings. The summed E-state index contributed by atoms with van der Waals surface area (Å²) in [6.45, 7) is 15.7. The van der Waals surface area contributed by atoms with Crippen molar-refractivity contribution < 1.29 is 4.98 Å². The van der Waals surface area contributed by atoms with Crippen LogP contribution in [0.1, 0.15) is 95.6 Å². The van der Waals surface area contributed by atoms with Crippen molar-refractivity contribution in [2.24, 2.45) is 17.0 Å². The number of imidazole rings is 1. The summed E-state index contributed by atoms with van der Waals surface area (Å²) in [5, 5.41) is 2.36. The number of rotatable bonds is 6. The number of hydrogen-bond donors (Lipinski definition) is 1. The number of nitrogens with one attached hydrogen (secondary N) is 2. The van der Waals surface area contributed by atoms with Gasteiger partial charge in [0.25, 0.3) is 5.82 Å². The topological polar surface area (TPSA) is 59.6 Å². The molecule has 0 fully saturated rings. The lowest BCUT2D eigenvalue weighted by Gasteiger charge is -2.04. The van der Waals surface area contributed by atoms with Gasteiger partial charge < -0.3 is 4.98 Å². The van der Waals surface area contributed by atoms with Crippen LogP contribution in [0.5, 0.6) is 0 Å². The zero-order valence-corrected chi connectivity index (χ0v) is 24.4. The molecule has 198 valence electrons. The quantitative estimate of drug-likeness (QED) is 0.520. The molecule has 0 aliphatic carbocycles. The van der Waals surface area contributed by atoms with Crippen LogP contribution < -0.4 is 15.7 Å². The third-order valence-electron chi connectivity index (χ3n) is 8.49. The summed E-state index contributed by atoms with van der Waals surface area (Å²) in [6, 6.07) is 0. The second-order valence-electron chi connectivity index (χ2n) is 10.4. The summed E-state index contributed by atoms with van der Waals surface area (Å²) in [4.78, 5) is 17.9. The van der Waals surface area contributed by atoms with Gasteiger partial charge in [-0.3, -0.25) is 0 Å². The Balaban J connectivity index is 1.90. The smallest absolute Gasteiger partial charge is 0.281 e. The second kappa shape index (κ2) is 10.4. The fraction of sp³-hybridized carbons (Fsp3) is 0.424.